The van der Waals surface area contributed by atoms with E-state index < -0.39 is 0 Å². The lowest BCUT2D eigenvalue weighted by molar-refractivity contribution is -0.114. The van der Waals surface area contributed by atoms with Crippen molar-refractivity contribution in [3.05, 3.63) is 59.9 Å². The van der Waals surface area contributed by atoms with E-state index in [2.05, 4.69) is 25.8 Å². The smallest absolute Gasteiger partial charge is 0.244 e. The predicted octanol–water partition coefficient (Wildman–Crippen LogP) is 3.18. The zero-order valence-corrected chi connectivity index (χ0v) is 12.8. The number of rotatable bonds is 5. The van der Waals surface area contributed by atoms with Crippen molar-refractivity contribution in [2.24, 2.45) is 0 Å². The van der Waals surface area contributed by atoms with Crippen LogP contribution in [0.5, 0.6) is 0 Å². The van der Waals surface area contributed by atoms with Crippen molar-refractivity contribution in [1.82, 2.24) is 15.2 Å². The second-order valence-corrected chi connectivity index (χ2v) is 5.25. The molecule has 0 atom stereocenters. The molecule has 6 nitrogen and oxygen atoms in total. The lowest BCUT2D eigenvalue weighted by Gasteiger charge is -2.05. The molecule has 0 radical (unpaired) electrons. The highest BCUT2D eigenvalue weighted by molar-refractivity contribution is 6.30. The highest BCUT2D eigenvalue weighted by atomic mass is 35.5. The molecular formula is C16H14ClN5O. The van der Waals surface area contributed by atoms with E-state index in [0.29, 0.717) is 10.8 Å². The first-order valence-electron chi connectivity index (χ1n) is 6.96. The Balaban J connectivity index is 1.56. The molecule has 3 rings (SSSR count). The van der Waals surface area contributed by atoms with Crippen LogP contribution in [0, 0.1) is 0 Å². The standard InChI is InChI=1S/C16H14ClN5O/c17-12-1-3-13(4-2-12)19-10-16(23)20-15-9-14(21-22-15)11-5-7-18-8-6-11/h1-9,19H,10H2,(H2,20,21,22,23). The molecule has 1 aromatic carbocycles. The number of carbonyl (C=O) groups is 1. The minimum atomic E-state index is -0.187. The van der Waals surface area contributed by atoms with Gasteiger partial charge in [0.1, 0.15) is 0 Å². The summed E-state index contributed by atoms with van der Waals surface area (Å²) in [5.74, 6) is 0.285. The number of halogens is 1. The monoisotopic (exact) mass is 327 g/mol. The Morgan fingerprint density at radius 3 is 2.61 bits per heavy atom. The average molecular weight is 328 g/mol. The summed E-state index contributed by atoms with van der Waals surface area (Å²) in [6, 6.07) is 12.6. The molecule has 0 saturated carbocycles. The summed E-state index contributed by atoms with van der Waals surface area (Å²) in [4.78, 5) is 15.9. The van der Waals surface area contributed by atoms with Gasteiger partial charge in [0.2, 0.25) is 5.91 Å². The van der Waals surface area contributed by atoms with Crippen LogP contribution >= 0.6 is 11.6 Å². The highest BCUT2D eigenvalue weighted by Gasteiger charge is 2.07. The Hall–Kier alpha value is -2.86. The number of amides is 1. The normalized spacial score (nSPS) is 10.3. The second kappa shape index (κ2) is 6.93. The Morgan fingerprint density at radius 1 is 1.13 bits per heavy atom. The summed E-state index contributed by atoms with van der Waals surface area (Å²) >= 11 is 5.81. The first kappa shape index (κ1) is 15.1. The molecule has 0 aliphatic carbocycles. The maximum absolute atomic E-state index is 11.9. The lowest BCUT2D eigenvalue weighted by atomic mass is 10.2. The maximum atomic E-state index is 11.9. The minimum Gasteiger partial charge on any atom is -0.376 e. The van der Waals surface area contributed by atoms with E-state index >= 15 is 0 Å². The van der Waals surface area contributed by atoms with Crippen molar-refractivity contribution in [2.75, 3.05) is 17.2 Å². The van der Waals surface area contributed by atoms with Crippen LogP contribution in [0.15, 0.2) is 54.9 Å². The maximum Gasteiger partial charge on any atom is 0.244 e. The fourth-order valence-electron chi connectivity index (χ4n) is 2.00. The van der Waals surface area contributed by atoms with Gasteiger partial charge in [0.25, 0.3) is 0 Å². The Labute approximate surface area is 137 Å². The summed E-state index contributed by atoms with van der Waals surface area (Å²) in [6.07, 6.45) is 3.40. The van der Waals surface area contributed by atoms with Gasteiger partial charge in [-0.05, 0) is 36.4 Å². The number of hydrogen-bond donors (Lipinski definition) is 3. The molecule has 2 heterocycles. The average Bonchev–Trinajstić information content (AvgIpc) is 3.04. The van der Waals surface area contributed by atoms with Crippen LogP contribution in [0.2, 0.25) is 5.02 Å². The fourth-order valence-corrected chi connectivity index (χ4v) is 2.13. The van der Waals surface area contributed by atoms with Gasteiger partial charge < -0.3 is 10.6 Å². The Kier molecular flexibility index (Phi) is 4.54. The van der Waals surface area contributed by atoms with E-state index in [1.807, 2.05) is 24.3 Å². The zero-order valence-electron chi connectivity index (χ0n) is 12.1. The molecule has 0 spiro atoms. The minimum absolute atomic E-state index is 0.138. The van der Waals surface area contributed by atoms with Crippen LogP contribution < -0.4 is 10.6 Å². The molecule has 23 heavy (non-hydrogen) atoms. The van der Waals surface area contributed by atoms with E-state index in [4.69, 9.17) is 11.6 Å². The third kappa shape index (κ3) is 4.08. The summed E-state index contributed by atoms with van der Waals surface area (Å²) < 4.78 is 0. The van der Waals surface area contributed by atoms with E-state index in [1.54, 1.807) is 30.6 Å². The van der Waals surface area contributed by atoms with Gasteiger partial charge in [0.15, 0.2) is 5.82 Å². The van der Waals surface area contributed by atoms with E-state index in [-0.39, 0.29) is 12.5 Å². The molecule has 0 aliphatic rings. The van der Waals surface area contributed by atoms with Crippen LogP contribution in [-0.2, 0) is 4.79 Å². The SMILES string of the molecule is O=C(CNc1ccc(Cl)cc1)Nc1cc(-c2ccncc2)[nH]n1. The molecule has 1 amide bonds. The van der Waals surface area contributed by atoms with Crippen LogP contribution in [0.4, 0.5) is 11.5 Å². The van der Waals surface area contributed by atoms with Crippen molar-refractivity contribution in [3.63, 3.8) is 0 Å². The van der Waals surface area contributed by atoms with Crippen LogP contribution in [-0.4, -0.2) is 27.6 Å². The molecule has 3 aromatic rings. The highest BCUT2D eigenvalue weighted by Crippen LogP contribution is 2.18. The number of nitrogens with one attached hydrogen (secondary N) is 3. The van der Waals surface area contributed by atoms with Gasteiger partial charge >= 0.3 is 0 Å². The molecule has 0 fully saturated rings. The van der Waals surface area contributed by atoms with E-state index in [1.165, 1.54) is 0 Å². The molecule has 0 unspecified atom stereocenters. The largest absolute Gasteiger partial charge is 0.376 e. The van der Waals surface area contributed by atoms with Gasteiger partial charge in [-0.3, -0.25) is 14.9 Å². The molecule has 0 bridgehead atoms. The number of nitrogens with zero attached hydrogens (tertiary/aromatic N) is 2. The zero-order chi connectivity index (χ0) is 16.1. The molecule has 0 aliphatic heterocycles. The number of hydrogen-bond acceptors (Lipinski definition) is 4. The van der Waals surface area contributed by atoms with Crippen molar-refractivity contribution in [1.29, 1.82) is 0 Å². The third-order valence-electron chi connectivity index (χ3n) is 3.13. The number of benzene rings is 1. The number of pyridine rings is 1. The fraction of sp³-hybridized carbons (Fsp3) is 0.0625. The third-order valence-corrected chi connectivity index (χ3v) is 3.39. The molecule has 3 N–H and O–H groups in total. The summed E-state index contributed by atoms with van der Waals surface area (Å²) in [5, 5.41) is 13.4. The number of aromatic amines is 1. The van der Waals surface area contributed by atoms with E-state index in [0.717, 1.165) is 16.9 Å². The van der Waals surface area contributed by atoms with Crippen molar-refractivity contribution in [2.45, 2.75) is 0 Å². The van der Waals surface area contributed by atoms with Gasteiger partial charge in [0, 0.05) is 34.7 Å². The van der Waals surface area contributed by atoms with Gasteiger partial charge in [0.05, 0.1) is 12.2 Å². The number of carbonyl (C=O) groups excluding carboxylic acids is 1. The summed E-state index contributed by atoms with van der Waals surface area (Å²) in [5.41, 5.74) is 2.59. The Morgan fingerprint density at radius 2 is 1.87 bits per heavy atom. The first-order valence-corrected chi connectivity index (χ1v) is 7.33. The van der Waals surface area contributed by atoms with Crippen molar-refractivity contribution < 1.29 is 4.79 Å². The number of anilines is 2. The Bertz CT molecular complexity index is 786. The second-order valence-electron chi connectivity index (χ2n) is 4.81. The van der Waals surface area contributed by atoms with Gasteiger partial charge in [-0.1, -0.05) is 11.6 Å². The molecule has 116 valence electrons. The number of H-pyrrole nitrogens is 1. The molecule has 7 heteroatoms. The lowest BCUT2D eigenvalue weighted by Crippen LogP contribution is -2.21. The predicted molar refractivity (Wildman–Crippen MR) is 90.4 cm³/mol. The molecule has 2 aromatic heterocycles. The van der Waals surface area contributed by atoms with Crippen LogP contribution in [0.25, 0.3) is 11.3 Å². The topological polar surface area (TPSA) is 82.7 Å². The molecule has 0 saturated heterocycles. The van der Waals surface area contributed by atoms with Crippen LogP contribution in [0.3, 0.4) is 0 Å². The van der Waals surface area contributed by atoms with Crippen molar-refractivity contribution in [3.8, 4) is 11.3 Å². The number of aromatic nitrogens is 3. The summed E-state index contributed by atoms with van der Waals surface area (Å²) in [6.45, 7) is 0.138. The molecular weight excluding hydrogens is 314 g/mol. The quantitative estimate of drug-likeness (QED) is 0.672. The van der Waals surface area contributed by atoms with Gasteiger partial charge in [-0.2, -0.15) is 5.10 Å². The first-order chi connectivity index (χ1) is 11.2. The van der Waals surface area contributed by atoms with Gasteiger partial charge in [-0.15, -0.1) is 0 Å². The van der Waals surface area contributed by atoms with E-state index in [9.17, 15) is 4.79 Å². The van der Waals surface area contributed by atoms with Gasteiger partial charge in [-0.25, -0.2) is 0 Å². The van der Waals surface area contributed by atoms with Crippen LogP contribution in [0.1, 0.15) is 0 Å². The van der Waals surface area contributed by atoms with Crippen molar-refractivity contribution >= 4 is 29.0 Å². The summed E-state index contributed by atoms with van der Waals surface area (Å²) in [7, 11) is 0.